The number of fused-ring (bicyclic) bond motifs is 1. The van der Waals surface area contributed by atoms with Gasteiger partial charge in [0.05, 0.1) is 32.9 Å². The quantitative estimate of drug-likeness (QED) is 0.316. The standard InChI is InChI=1S/C32H47N3O5/c1-5-6-7-8-9-10-15-29(30(36)22-35-21-25-14-12-11-13-24(25)16-23(35)2)34-31(37)20-33-32(38)26-17-27(39-3)19-28(18-26)40-4/h5-10,17-19,23-25,29-30,36H,11-16,20-22H2,1-4H3,(H,33,38)(H,34,37)/b6-5-,8-7-,10-9+. The van der Waals surface area contributed by atoms with Crippen LogP contribution in [0.3, 0.4) is 0 Å². The van der Waals surface area contributed by atoms with Gasteiger partial charge in [-0.05, 0) is 57.1 Å². The second-order valence-corrected chi connectivity index (χ2v) is 10.9. The van der Waals surface area contributed by atoms with Gasteiger partial charge in [-0.1, -0.05) is 55.7 Å². The number of hydrogen-bond acceptors (Lipinski definition) is 6. The van der Waals surface area contributed by atoms with E-state index in [1.165, 1.54) is 46.3 Å². The van der Waals surface area contributed by atoms with Crippen LogP contribution in [0.2, 0.25) is 0 Å². The molecule has 0 bridgehead atoms. The molecule has 1 saturated heterocycles. The van der Waals surface area contributed by atoms with E-state index in [4.69, 9.17) is 9.47 Å². The van der Waals surface area contributed by atoms with Crippen LogP contribution in [-0.4, -0.2) is 73.9 Å². The molecule has 8 nitrogen and oxygen atoms in total. The van der Waals surface area contributed by atoms with Crippen LogP contribution in [0.1, 0.15) is 62.7 Å². The van der Waals surface area contributed by atoms with Crippen molar-refractivity contribution in [2.75, 3.05) is 33.9 Å². The van der Waals surface area contributed by atoms with Crippen molar-refractivity contribution in [2.45, 2.75) is 70.6 Å². The van der Waals surface area contributed by atoms with Crippen LogP contribution in [0.4, 0.5) is 0 Å². The maximum atomic E-state index is 12.9. The van der Waals surface area contributed by atoms with Crippen LogP contribution in [0.15, 0.2) is 54.7 Å². The van der Waals surface area contributed by atoms with Crippen LogP contribution in [-0.2, 0) is 4.79 Å². The van der Waals surface area contributed by atoms with E-state index in [2.05, 4.69) is 22.5 Å². The molecule has 2 fully saturated rings. The molecule has 0 aromatic heterocycles. The molecule has 0 radical (unpaired) electrons. The monoisotopic (exact) mass is 553 g/mol. The van der Waals surface area contributed by atoms with Gasteiger partial charge in [-0.25, -0.2) is 0 Å². The number of amides is 2. The number of carbonyl (C=O) groups excluding carboxylic acids is 2. The maximum absolute atomic E-state index is 12.9. The summed E-state index contributed by atoms with van der Waals surface area (Å²) < 4.78 is 10.5. The van der Waals surface area contributed by atoms with E-state index in [-0.39, 0.29) is 12.5 Å². The number of aliphatic hydroxyl groups excluding tert-OH is 1. The number of methoxy groups -OCH3 is 2. The molecule has 0 spiro atoms. The summed E-state index contributed by atoms with van der Waals surface area (Å²) >= 11 is 0. The van der Waals surface area contributed by atoms with Crippen LogP contribution >= 0.6 is 0 Å². The third-order valence-corrected chi connectivity index (χ3v) is 8.11. The number of allylic oxidation sites excluding steroid dienone is 5. The number of carbonyl (C=O) groups is 2. The topological polar surface area (TPSA) is 100 Å². The molecule has 1 aromatic rings. The molecule has 1 aliphatic carbocycles. The minimum atomic E-state index is -0.742. The van der Waals surface area contributed by atoms with Crippen molar-refractivity contribution in [2.24, 2.45) is 11.8 Å². The molecule has 2 amide bonds. The summed E-state index contributed by atoms with van der Waals surface area (Å²) in [6.45, 7) is 5.51. The largest absolute Gasteiger partial charge is 0.497 e. The molecule has 5 atom stereocenters. The fourth-order valence-electron chi connectivity index (χ4n) is 5.84. The minimum absolute atomic E-state index is 0.212. The first-order valence-electron chi connectivity index (χ1n) is 14.5. The zero-order chi connectivity index (χ0) is 28.9. The highest BCUT2D eigenvalue weighted by molar-refractivity contribution is 5.97. The molecule has 3 rings (SSSR count). The van der Waals surface area contributed by atoms with Crippen molar-refractivity contribution < 1.29 is 24.2 Å². The number of β-amino-alcohol motifs (C(OH)–C–C–N with tert-alkyl or cyclic N) is 1. The fraction of sp³-hybridized carbons (Fsp3) is 0.562. The number of likely N-dealkylation sites (tertiary alicyclic amines) is 1. The predicted octanol–water partition coefficient (Wildman–Crippen LogP) is 4.26. The highest BCUT2D eigenvalue weighted by atomic mass is 16.5. The molecule has 5 unspecified atom stereocenters. The van der Waals surface area contributed by atoms with E-state index < -0.39 is 18.1 Å². The normalized spacial score (nSPS) is 23.2. The van der Waals surface area contributed by atoms with Gasteiger partial charge in [0.25, 0.3) is 5.91 Å². The Hall–Kier alpha value is -3.10. The molecule has 3 N–H and O–H groups in total. The Morgan fingerprint density at radius 1 is 1.05 bits per heavy atom. The first-order valence-corrected chi connectivity index (χ1v) is 14.5. The van der Waals surface area contributed by atoms with Gasteiger partial charge < -0.3 is 25.2 Å². The first-order chi connectivity index (χ1) is 19.3. The summed E-state index contributed by atoms with van der Waals surface area (Å²) in [5.41, 5.74) is 0.330. The third-order valence-electron chi connectivity index (χ3n) is 8.11. The number of piperidine rings is 1. The summed E-state index contributed by atoms with van der Waals surface area (Å²) in [5, 5.41) is 16.9. The van der Waals surface area contributed by atoms with Crippen molar-refractivity contribution in [3.05, 3.63) is 60.2 Å². The fourth-order valence-corrected chi connectivity index (χ4v) is 5.84. The lowest BCUT2D eigenvalue weighted by molar-refractivity contribution is -0.121. The Kier molecular flexibility index (Phi) is 12.8. The summed E-state index contributed by atoms with van der Waals surface area (Å²) in [7, 11) is 3.02. The molecular formula is C32H47N3O5. The Balaban J connectivity index is 1.61. The number of nitrogens with zero attached hydrogens (tertiary/aromatic N) is 1. The first kappa shape index (κ1) is 31.4. The van der Waals surface area contributed by atoms with E-state index >= 15 is 0 Å². The van der Waals surface area contributed by atoms with Gasteiger partial charge in [0.2, 0.25) is 5.91 Å². The van der Waals surface area contributed by atoms with Gasteiger partial charge in [-0.3, -0.25) is 14.5 Å². The number of benzene rings is 1. The van der Waals surface area contributed by atoms with E-state index in [0.29, 0.717) is 42.0 Å². The predicted molar refractivity (Wildman–Crippen MR) is 159 cm³/mol. The Morgan fingerprint density at radius 3 is 2.40 bits per heavy atom. The molecule has 1 aromatic carbocycles. The Labute approximate surface area is 239 Å². The highest BCUT2D eigenvalue weighted by Gasteiger charge is 2.36. The number of nitrogens with one attached hydrogen (secondary N) is 2. The van der Waals surface area contributed by atoms with Crippen LogP contribution < -0.4 is 20.1 Å². The molecular weight excluding hydrogens is 506 g/mol. The van der Waals surface area contributed by atoms with E-state index in [1.54, 1.807) is 18.2 Å². The van der Waals surface area contributed by atoms with Gasteiger partial charge in [0, 0.05) is 30.8 Å². The summed E-state index contributed by atoms with van der Waals surface area (Å²) in [6, 6.07) is 4.78. The minimum Gasteiger partial charge on any atom is -0.497 e. The number of rotatable bonds is 13. The molecule has 1 saturated carbocycles. The molecule has 1 heterocycles. The summed E-state index contributed by atoms with van der Waals surface area (Å²) in [4.78, 5) is 28.0. The lowest BCUT2D eigenvalue weighted by Crippen LogP contribution is -2.54. The average Bonchev–Trinajstić information content (AvgIpc) is 2.96. The molecule has 2 aliphatic rings. The van der Waals surface area contributed by atoms with Gasteiger partial charge in [0.15, 0.2) is 0 Å². The lowest BCUT2D eigenvalue weighted by atomic mass is 9.73. The zero-order valence-corrected chi connectivity index (χ0v) is 24.5. The summed E-state index contributed by atoms with van der Waals surface area (Å²) in [5.74, 6) is 1.70. The van der Waals surface area contributed by atoms with Crippen LogP contribution in [0.25, 0.3) is 0 Å². The van der Waals surface area contributed by atoms with Crippen molar-refractivity contribution >= 4 is 11.8 Å². The number of aliphatic hydroxyl groups is 1. The van der Waals surface area contributed by atoms with Gasteiger partial charge in [0.1, 0.15) is 11.5 Å². The van der Waals surface area contributed by atoms with Gasteiger partial charge in [-0.2, -0.15) is 0 Å². The average molecular weight is 554 g/mol. The van der Waals surface area contributed by atoms with Crippen molar-refractivity contribution in [1.29, 1.82) is 0 Å². The molecule has 1 aliphatic heterocycles. The van der Waals surface area contributed by atoms with Crippen LogP contribution in [0.5, 0.6) is 11.5 Å². The van der Waals surface area contributed by atoms with Gasteiger partial charge >= 0.3 is 0 Å². The second-order valence-electron chi connectivity index (χ2n) is 10.9. The summed E-state index contributed by atoms with van der Waals surface area (Å²) in [6.07, 6.45) is 17.7. The Morgan fingerprint density at radius 2 is 1.73 bits per heavy atom. The molecule has 8 heteroatoms. The van der Waals surface area contributed by atoms with Crippen molar-refractivity contribution in [1.82, 2.24) is 15.5 Å². The lowest BCUT2D eigenvalue weighted by Gasteiger charge is -2.46. The molecule has 220 valence electrons. The zero-order valence-electron chi connectivity index (χ0n) is 24.5. The smallest absolute Gasteiger partial charge is 0.251 e. The third kappa shape index (κ3) is 9.52. The van der Waals surface area contributed by atoms with E-state index in [9.17, 15) is 14.7 Å². The van der Waals surface area contributed by atoms with Crippen molar-refractivity contribution in [3.8, 4) is 11.5 Å². The number of ether oxygens (including phenoxy) is 2. The Bertz CT molecular complexity index is 1030. The molecule has 40 heavy (non-hydrogen) atoms. The van der Waals surface area contributed by atoms with Gasteiger partial charge in [-0.15, -0.1) is 0 Å². The second kappa shape index (κ2) is 16.2. The van der Waals surface area contributed by atoms with Crippen molar-refractivity contribution in [3.63, 3.8) is 0 Å². The van der Waals surface area contributed by atoms with Crippen LogP contribution in [0, 0.1) is 11.8 Å². The number of hydrogen-bond donors (Lipinski definition) is 3. The maximum Gasteiger partial charge on any atom is 0.251 e. The highest BCUT2D eigenvalue weighted by Crippen LogP contribution is 2.38. The van der Waals surface area contributed by atoms with E-state index in [0.717, 1.165) is 12.5 Å². The van der Waals surface area contributed by atoms with E-state index in [1.807, 2.05) is 43.4 Å². The SMILES string of the molecule is C\C=C/C=C\C=C\CC(NC(=O)CNC(=O)c1cc(OC)cc(OC)c1)C(O)CN1CC2CCCCC2CC1C.